The Morgan fingerprint density at radius 1 is 0.459 bits per heavy atom. The Morgan fingerprint density at radius 3 is 2.14 bits per heavy atom. The van der Waals surface area contributed by atoms with Crippen LogP contribution in [0, 0.1) is 0 Å². The smallest absolute Gasteiger partial charge is 0.0973 e. The summed E-state index contributed by atoms with van der Waals surface area (Å²) < 4.78 is 2.65. The molecule has 8 aromatic rings. The zero-order valence-electron chi connectivity index (χ0n) is 19.8. The van der Waals surface area contributed by atoms with Crippen LogP contribution in [-0.2, 0) is 0 Å². The first-order valence-corrected chi connectivity index (χ1v) is 13.2. The maximum absolute atomic E-state index is 5.30. The third-order valence-electron chi connectivity index (χ3n) is 7.24. The van der Waals surface area contributed by atoms with Gasteiger partial charge in [0.2, 0.25) is 0 Å². The van der Waals surface area contributed by atoms with E-state index in [2.05, 4.69) is 115 Å². The van der Waals surface area contributed by atoms with Gasteiger partial charge in [0, 0.05) is 36.7 Å². The van der Waals surface area contributed by atoms with Gasteiger partial charge in [-0.05, 0) is 40.4 Å². The van der Waals surface area contributed by atoms with E-state index < -0.39 is 0 Å². The molecule has 0 spiro atoms. The molecule has 172 valence electrons. The molecule has 0 aliphatic carbocycles. The second kappa shape index (κ2) is 7.95. The highest BCUT2D eigenvalue weighted by atomic mass is 32.1. The Hall–Kier alpha value is -4.60. The van der Waals surface area contributed by atoms with E-state index in [-0.39, 0.29) is 0 Å². The molecule has 2 heterocycles. The van der Waals surface area contributed by atoms with E-state index in [0.717, 1.165) is 38.9 Å². The minimum atomic E-state index is 0.907. The molecule has 0 amide bonds. The first kappa shape index (κ1) is 20.6. The monoisotopic (exact) mass is 488 g/mol. The number of hydrogen-bond acceptors (Lipinski definition) is 3. The van der Waals surface area contributed by atoms with Crippen LogP contribution >= 0.6 is 11.3 Å². The minimum absolute atomic E-state index is 0.907. The Bertz CT molecular complexity index is 2140. The predicted molar refractivity (Wildman–Crippen MR) is 158 cm³/mol. The maximum Gasteiger partial charge on any atom is 0.0973 e. The molecule has 6 aromatic carbocycles. The lowest BCUT2D eigenvalue weighted by atomic mass is 9.98. The van der Waals surface area contributed by atoms with Gasteiger partial charge in [-0.2, -0.15) is 0 Å². The van der Waals surface area contributed by atoms with Gasteiger partial charge in [-0.15, -0.1) is 11.3 Å². The number of rotatable bonds is 2. The average molecular weight is 489 g/mol. The molecule has 0 unspecified atom stereocenters. The number of benzene rings is 6. The Balaban J connectivity index is 1.43. The highest BCUT2D eigenvalue weighted by Crippen LogP contribution is 2.40. The lowest BCUT2D eigenvalue weighted by Crippen LogP contribution is -1.96. The average Bonchev–Trinajstić information content (AvgIpc) is 3.36. The standard InChI is InChI=1S/C34H20N2S/c1-2-9-22(10-3-1)32-33(36-34-26-11-5-4-8-21(26)15-18-28(34)35-32)24-14-17-25-23(20-24)16-19-30-31(25)27-12-6-7-13-29(27)37-30/h1-20H. The van der Waals surface area contributed by atoms with Crippen LogP contribution in [-0.4, -0.2) is 9.97 Å². The van der Waals surface area contributed by atoms with E-state index in [1.54, 1.807) is 0 Å². The molecule has 0 bridgehead atoms. The molecule has 3 heteroatoms. The third-order valence-corrected chi connectivity index (χ3v) is 8.37. The van der Waals surface area contributed by atoms with E-state index in [9.17, 15) is 0 Å². The van der Waals surface area contributed by atoms with Crippen molar-refractivity contribution in [1.29, 1.82) is 0 Å². The Kier molecular flexibility index (Phi) is 4.42. The number of fused-ring (bicyclic) bond motifs is 8. The summed E-state index contributed by atoms with van der Waals surface area (Å²) in [6, 6.07) is 42.9. The van der Waals surface area contributed by atoms with Crippen molar-refractivity contribution in [3.63, 3.8) is 0 Å². The second-order valence-electron chi connectivity index (χ2n) is 9.41. The largest absolute Gasteiger partial charge is 0.244 e. The summed E-state index contributed by atoms with van der Waals surface area (Å²) in [6.07, 6.45) is 0. The third kappa shape index (κ3) is 3.18. The molecule has 0 fully saturated rings. The van der Waals surface area contributed by atoms with Crippen LogP contribution in [0.15, 0.2) is 121 Å². The highest BCUT2D eigenvalue weighted by molar-refractivity contribution is 7.26. The number of hydrogen-bond donors (Lipinski definition) is 0. The molecule has 0 saturated heterocycles. The topological polar surface area (TPSA) is 25.8 Å². The van der Waals surface area contributed by atoms with Gasteiger partial charge < -0.3 is 0 Å². The molecule has 0 N–H and O–H groups in total. The highest BCUT2D eigenvalue weighted by Gasteiger charge is 2.16. The van der Waals surface area contributed by atoms with E-state index in [0.29, 0.717) is 0 Å². The van der Waals surface area contributed by atoms with Crippen LogP contribution < -0.4 is 0 Å². The molecule has 2 nitrogen and oxygen atoms in total. The lowest BCUT2D eigenvalue weighted by molar-refractivity contribution is 1.30. The number of thiophene rings is 1. The Labute approximate surface area is 217 Å². The first-order valence-electron chi connectivity index (χ1n) is 12.4. The SMILES string of the molecule is c1ccc(-c2nc3ccc4ccccc4c3nc2-c2ccc3c(ccc4sc5ccccc5c43)c2)cc1. The maximum atomic E-state index is 5.30. The summed E-state index contributed by atoms with van der Waals surface area (Å²) in [5.74, 6) is 0. The second-order valence-corrected chi connectivity index (χ2v) is 10.5. The van der Waals surface area contributed by atoms with E-state index in [1.165, 1.54) is 36.3 Å². The number of aromatic nitrogens is 2. The fourth-order valence-electron chi connectivity index (χ4n) is 5.49. The van der Waals surface area contributed by atoms with Crippen LogP contribution in [0.2, 0.25) is 0 Å². The van der Waals surface area contributed by atoms with Gasteiger partial charge in [0.05, 0.1) is 22.4 Å². The van der Waals surface area contributed by atoms with Gasteiger partial charge in [0.1, 0.15) is 0 Å². The molecule has 0 aliphatic heterocycles. The summed E-state index contributed by atoms with van der Waals surface area (Å²) in [6.45, 7) is 0. The van der Waals surface area contributed by atoms with Gasteiger partial charge in [0.25, 0.3) is 0 Å². The molecule has 0 atom stereocenters. The molecule has 0 saturated carbocycles. The normalized spacial score (nSPS) is 11.8. The van der Waals surface area contributed by atoms with Gasteiger partial charge in [-0.25, -0.2) is 9.97 Å². The molecular weight excluding hydrogens is 468 g/mol. The molecule has 2 aromatic heterocycles. The van der Waals surface area contributed by atoms with Crippen molar-refractivity contribution in [3.8, 4) is 22.5 Å². The summed E-state index contributed by atoms with van der Waals surface area (Å²) in [5, 5.41) is 7.45. The predicted octanol–water partition coefficient (Wildman–Crippen LogP) is 9.64. The summed E-state index contributed by atoms with van der Waals surface area (Å²) >= 11 is 1.86. The first-order chi connectivity index (χ1) is 18.3. The lowest BCUT2D eigenvalue weighted by Gasteiger charge is -2.13. The van der Waals surface area contributed by atoms with Gasteiger partial charge in [0.15, 0.2) is 0 Å². The minimum Gasteiger partial charge on any atom is -0.244 e. The zero-order chi connectivity index (χ0) is 24.3. The van der Waals surface area contributed by atoms with E-state index >= 15 is 0 Å². The quantitative estimate of drug-likeness (QED) is 0.226. The summed E-state index contributed by atoms with van der Waals surface area (Å²) in [5.41, 5.74) is 5.81. The van der Waals surface area contributed by atoms with Gasteiger partial charge in [-0.3, -0.25) is 0 Å². The fourth-order valence-corrected chi connectivity index (χ4v) is 6.61. The van der Waals surface area contributed by atoms with Crippen molar-refractivity contribution in [2.45, 2.75) is 0 Å². The van der Waals surface area contributed by atoms with Crippen LogP contribution in [0.25, 0.3) is 75.3 Å². The zero-order valence-corrected chi connectivity index (χ0v) is 20.7. The number of nitrogens with zero attached hydrogens (tertiary/aromatic N) is 2. The molecule has 0 aliphatic rings. The van der Waals surface area contributed by atoms with Crippen LogP contribution in [0.1, 0.15) is 0 Å². The van der Waals surface area contributed by atoms with Crippen LogP contribution in [0.5, 0.6) is 0 Å². The molecular formula is C34H20N2S. The van der Waals surface area contributed by atoms with Crippen LogP contribution in [0.3, 0.4) is 0 Å². The van der Waals surface area contributed by atoms with E-state index in [1.807, 2.05) is 17.4 Å². The summed E-state index contributed by atoms with van der Waals surface area (Å²) in [7, 11) is 0. The van der Waals surface area contributed by atoms with Gasteiger partial charge in [-0.1, -0.05) is 97.1 Å². The molecule has 0 radical (unpaired) electrons. The van der Waals surface area contributed by atoms with E-state index in [4.69, 9.17) is 9.97 Å². The summed E-state index contributed by atoms with van der Waals surface area (Å²) in [4.78, 5) is 10.5. The fraction of sp³-hybridized carbons (Fsp3) is 0. The van der Waals surface area contributed by atoms with Crippen molar-refractivity contribution in [2.24, 2.45) is 0 Å². The molecule has 37 heavy (non-hydrogen) atoms. The molecule has 8 rings (SSSR count). The van der Waals surface area contributed by atoms with Crippen LogP contribution in [0.4, 0.5) is 0 Å². The van der Waals surface area contributed by atoms with Crippen molar-refractivity contribution < 1.29 is 0 Å². The van der Waals surface area contributed by atoms with Crippen molar-refractivity contribution >= 4 is 64.1 Å². The Morgan fingerprint density at radius 2 is 1.22 bits per heavy atom. The van der Waals surface area contributed by atoms with Crippen molar-refractivity contribution in [2.75, 3.05) is 0 Å². The van der Waals surface area contributed by atoms with Gasteiger partial charge >= 0.3 is 0 Å². The van der Waals surface area contributed by atoms with Crippen molar-refractivity contribution in [1.82, 2.24) is 9.97 Å². The van der Waals surface area contributed by atoms with Crippen molar-refractivity contribution in [3.05, 3.63) is 121 Å².